The fraction of sp³-hybridized carbons (Fsp3) is 0.267. The molecule has 1 saturated heterocycles. The van der Waals surface area contributed by atoms with E-state index in [1.54, 1.807) is 22.3 Å². The molecule has 0 bridgehead atoms. The predicted octanol–water partition coefficient (Wildman–Crippen LogP) is 11.6. The maximum atomic E-state index is 2.78. The molecule has 1 aliphatic heterocycles. The third-order valence-electron chi connectivity index (χ3n) is 15.6. The van der Waals surface area contributed by atoms with E-state index in [1.807, 2.05) is 0 Å². The number of fused-ring (bicyclic) bond motifs is 7. The van der Waals surface area contributed by atoms with Crippen LogP contribution >= 0.6 is 0 Å². The van der Waals surface area contributed by atoms with E-state index in [4.69, 9.17) is 0 Å². The second-order valence-electron chi connectivity index (χ2n) is 20.0. The van der Waals surface area contributed by atoms with Gasteiger partial charge < -0.3 is 24.8 Å². The first-order valence-electron chi connectivity index (χ1n) is 23.4. The van der Waals surface area contributed by atoms with E-state index in [1.165, 1.54) is 115 Å². The molecule has 4 atom stereocenters. The van der Waals surface area contributed by atoms with Crippen molar-refractivity contribution in [1.82, 2.24) is 0 Å². The van der Waals surface area contributed by atoms with Crippen LogP contribution in [0.5, 0.6) is 0 Å². The summed E-state index contributed by atoms with van der Waals surface area (Å²) in [6, 6.07) is 56.4. The minimum Gasteiger partial charge on any atom is -1.00 e. The average Bonchev–Trinajstić information content (AvgIpc) is 3.54. The van der Waals surface area contributed by atoms with Crippen LogP contribution in [0.2, 0.25) is 7.35 Å². The summed E-state index contributed by atoms with van der Waals surface area (Å²) in [6.45, 7) is 9.89. The van der Waals surface area contributed by atoms with Gasteiger partial charge in [-0.15, -0.1) is 0 Å². The Morgan fingerprint density at radius 3 is 1.14 bits per heavy atom. The van der Waals surface area contributed by atoms with Gasteiger partial charge >= 0.3 is 369 Å². The van der Waals surface area contributed by atoms with Crippen LogP contribution in [0.1, 0.15) is 95.8 Å². The standard InChI is InChI=1S/2C27H23.C6H10.2ClH.Hf/c2*1-18(2)14-19-15-20-10-7-13-25(26(20)16-19)27-23-11-5-3-8-21(23)17-22-9-4-6-12-24(22)27;1-2-4-6-5-3-1;;;/h2*3-13,15-18H,14H2,1-2H3;1-2H,3-6H2;2*1H;/q;;;;;+2/p-2. The predicted molar refractivity (Wildman–Crippen MR) is 260 cm³/mol. The first-order valence-corrected chi connectivity index (χ1v) is 31.7. The quantitative estimate of drug-likeness (QED) is 0.105. The molecule has 3 aliphatic carbocycles. The maximum absolute atomic E-state index is 3.52. The van der Waals surface area contributed by atoms with Crippen molar-refractivity contribution in [3.05, 3.63) is 179 Å². The smallest absolute Gasteiger partial charge is 1.00 e. The van der Waals surface area contributed by atoms with Crippen LogP contribution in [0.25, 0.3) is 77.5 Å². The average molecular weight is 1030 g/mol. The largest absolute Gasteiger partial charge is 1.00 e. The third-order valence-corrected chi connectivity index (χ3v) is 40.5. The molecule has 0 spiro atoms. The minimum absolute atomic E-state index is 0. The molecule has 0 amide bonds. The first-order chi connectivity index (χ1) is 29.9. The maximum Gasteiger partial charge on any atom is -1.00 e. The fourth-order valence-corrected chi connectivity index (χ4v) is 48.9. The Morgan fingerprint density at radius 1 is 0.444 bits per heavy atom. The van der Waals surface area contributed by atoms with Gasteiger partial charge in [0.05, 0.1) is 0 Å². The zero-order chi connectivity index (χ0) is 41.0. The number of halogens is 2. The van der Waals surface area contributed by atoms with Crippen LogP contribution in [0.15, 0.2) is 157 Å². The molecule has 1 heterocycles. The molecular formula is C60H56Cl2Hf. The van der Waals surface area contributed by atoms with E-state index in [0.29, 0.717) is 19.2 Å². The van der Waals surface area contributed by atoms with Gasteiger partial charge in [0, 0.05) is 0 Å². The molecule has 314 valence electrons. The molecule has 0 nitrogen and oxygen atoms in total. The summed E-state index contributed by atoms with van der Waals surface area (Å²) in [4.78, 5) is 0. The first kappa shape index (κ1) is 42.7. The SMILES string of the molecule is CC(C)CC1=Cc2c(-c3c4ccccc4cc4ccccc34)cccc2[CH]1[Hf+2]1([CH]2C(CC(C)C)=Cc3c(-c4c5ccccc5cc5ccccc45)cccc32)[CH]2CCCC[CH]21.[Cl-].[Cl-]. The Hall–Kier alpha value is -4.27. The summed E-state index contributed by atoms with van der Waals surface area (Å²) in [5.74, 6) is 1.23. The Bertz CT molecular complexity index is 2830. The van der Waals surface area contributed by atoms with Gasteiger partial charge in [0.1, 0.15) is 0 Å². The molecule has 63 heavy (non-hydrogen) atoms. The molecule has 4 aliphatic rings. The van der Waals surface area contributed by atoms with Crippen LogP contribution in [-0.2, 0) is 20.0 Å². The van der Waals surface area contributed by atoms with E-state index in [9.17, 15) is 0 Å². The van der Waals surface area contributed by atoms with Gasteiger partial charge in [-0.3, -0.25) is 0 Å². The summed E-state index contributed by atoms with van der Waals surface area (Å²) in [7, 11) is 0. The van der Waals surface area contributed by atoms with Crippen LogP contribution in [0, 0.1) is 11.8 Å². The van der Waals surface area contributed by atoms with Gasteiger partial charge in [0.25, 0.3) is 0 Å². The number of hydrogen-bond acceptors (Lipinski definition) is 0. The third kappa shape index (κ3) is 6.61. The summed E-state index contributed by atoms with van der Waals surface area (Å²) in [6.07, 6.45) is 13.7. The van der Waals surface area contributed by atoms with Crippen LogP contribution < -0.4 is 24.8 Å². The van der Waals surface area contributed by atoms with Crippen molar-refractivity contribution < 1.29 is 44.8 Å². The van der Waals surface area contributed by atoms with E-state index < -0.39 is 20.0 Å². The Kier molecular flexibility index (Phi) is 11.3. The van der Waals surface area contributed by atoms with E-state index in [0.717, 1.165) is 7.35 Å². The molecule has 1 saturated carbocycles. The van der Waals surface area contributed by atoms with Crippen molar-refractivity contribution in [3.63, 3.8) is 0 Å². The normalized spacial score (nSPS) is 21.1. The molecule has 3 heteroatoms. The Morgan fingerprint density at radius 2 is 0.794 bits per heavy atom. The van der Waals surface area contributed by atoms with E-state index >= 15 is 0 Å². The molecule has 2 fully saturated rings. The molecule has 0 N–H and O–H groups in total. The van der Waals surface area contributed by atoms with Crippen molar-refractivity contribution in [3.8, 4) is 22.3 Å². The topological polar surface area (TPSA) is 0 Å². The summed E-state index contributed by atoms with van der Waals surface area (Å²) in [5, 5.41) is 10.8. The molecule has 8 aromatic rings. The molecule has 0 aromatic heterocycles. The Labute approximate surface area is 391 Å². The number of benzene rings is 8. The van der Waals surface area contributed by atoms with E-state index in [-0.39, 0.29) is 24.8 Å². The molecule has 4 unspecified atom stereocenters. The number of hydrogen-bond donors (Lipinski definition) is 0. The van der Waals surface area contributed by atoms with Gasteiger partial charge in [-0.25, -0.2) is 0 Å². The van der Waals surface area contributed by atoms with Crippen LogP contribution in [0.3, 0.4) is 0 Å². The van der Waals surface area contributed by atoms with Crippen molar-refractivity contribution in [2.45, 2.75) is 80.9 Å². The minimum atomic E-state index is -3.52. The van der Waals surface area contributed by atoms with Gasteiger partial charge in [0.2, 0.25) is 0 Å². The Balaban J connectivity index is 0.00000236. The zero-order valence-electron chi connectivity index (χ0n) is 37.0. The van der Waals surface area contributed by atoms with Gasteiger partial charge in [0.15, 0.2) is 0 Å². The molecule has 0 radical (unpaired) electrons. The second-order valence-corrected chi connectivity index (χ2v) is 36.7. The fourth-order valence-electron chi connectivity index (χ4n) is 13.7. The van der Waals surface area contributed by atoms with Crippen molar-refractivity contribution in [1.29, 1.82) is 0 Å². The van der Waals surface area contributed by atoms with Crippen molar-refractivity contribution >= 4 is 55.2 Å². The second kappa shape index (κ2) is 16.6. The summed E-state index contributed by atoms with van der Waals surface area (Å²) >= 11 is -3.52. The van der Waals surface area contributed by atoms with Crippen molar-refractivity contribution in [2.24, 2.45) is 11.8 Å². The van der Waals surface area contributed by atoms with Crippen molar-refractivity contribution in [2.75, 3.05) is 0 Å². The molecule has 8 aromatic carbocycles. The summed E-state index contributed by atoms with van der Waals surface area (Å²) < 4.78 is 3.13. The number of rotatable bonds is 8. The van der Waals surface area contributed by atoms with Gasteiger partial charge in [-0.2, -0.15) is 0 Å². The van der Waals surface area contributed by atoms with Gasteiger partial charge in [-0.1, -0.05) is 0 Å². The van der Waals surface area contributed by atoms with Crippen LogP contribution in [-0.4, -0.2) is 0 Å². The zero-order valence-corrected chi connectivity index (χ0v) is 42.1. The summed E-state index contributed by atoms with van der Waals surface area (Å²) in [5.41, 5.74) is 15.7. The molecular weight excluding hydrogens is 970 g/mol. The van der Waals surface area contributed by atoms with E-state index in [2.05, 4.69) is 185 Å². The number of allylic oxidation sites excluding steroid dienone is 2. The monoisotopic (exact) mass is 1030 g/mol. The molecule has 12 rings (SSSR count). The van der Waals surface area contributed by atoms with Crippen LogP contribution in [0.4, 0.5) is 0 Å². The van der Waals surface area contributed by atoms with Gasteiger partial charge in [-0.05, 0) is 0 Å².